The van der Waals surface area contributed by atoms with Crippen LogP contribution in [0, 0.1) is 0 Å². The van der Waals surface area contributed by atoms with Gasteiger partial charge in [-0.1, -0.05) is 18.2 Å². The number of ether oxygens (including phenoxy) is 1. The number of hydrogen-bond acceptors (Lipinski definition) is 5. The molecule has 0 saturated heterocycles. The molecule has 2 aromatic rings. The van der Waals surface area contributed by atoms with Gasteiger partial charge in [-0.25, -0.2) is 4.98 Å². The van der Waals surface area contributed by atoms with Crippen LogP contribution in [0.15, 0.2) is 34.3 Å². The van der Waals surface area contributed by atoms with Gasteiger partial charge in [0.25, 0.3) is 5.91 Å². The average molecular weight is 334 g/mol. The molecule has 0 aliphatic heterocycles. The lowest BCUT2D eigenvalue weighted by molar-refractivity contribution is 0.0818. The second-order valence-electron chi connectivity index (χ2n) is 4.86. The molecule has 0 unspecified atom stereocenters. The monoisotopic (exact) mass is 333 g/mol. The smallest absolute Gasteiger partial charge is 0.275 e. The quantitative estimate of drug-likeness (QED) is 0.784. The number of nitrogens with zero attached hydrogens (tertiary/aromatic N) is 3. The molecule has 0 aromatic carbocycles. The Kier molecular flexibility index (Phi) is 4.86. The minimum Gasteiger partial charge on any atom is -0.494 e. The third-order valence-electron chi connectivity index (χ3n) is 3.10. The first-order chi connectivity index (χ1) is 10.9. The first kappa shape index (κ1) is 16.8. The molecule has 0 N–H and O–H groups in total. The highest BCUT2D eigenvalue weighted by atomic mass is 35.5. The molecular weight excluding hydrogens is 318 g/mol. The van der Waals surface area contributed by atoms with Crippen LogP contribution in [0.4, 0.5) is 5.69 Å². The third-order valence-corrected chi connectivity index (χ3v) is 3.27. The van der Waals surface area contributed by atoms with Crippen molar-refractivity contribution in [3.05, 3.63) is 36.4 Å². The number of halogens is 1. The van der Waals surface area contributed by atoms with Crippen LogP contribution in [0.2, 0.25) is 0 Å². The van der Waals surface area contributed by atoms with Gasteiger partial charge < -0.3 is 14.1 Å². The van der Waals surface area contributed by atoms with Gasteiger partial charge in [0.1, 0.15) is 11.4 Å². The van der Waals surface area contributed by atoms with Gasteiger partial charge in [-0.2, -0.15) is 0 Å². The summed E-state index contributed by atoms with van der Waals surface area (Å²) < 4.78 is 10.9. The van der Waals surface area contributed by atoms with Crippen LogP contribution in [-0.2, 0) is 0 Å². The summed E-state index contributed by atoms with van der Waals surface area (Å²) in [5, 5.41) is 0.220. The molecule has 2 rings (SSSR count). The molecule has 2 heterocycles. The zero-order valence-corrected chi connectivity index (χ0v) is 13.8. The predicted molar refractivity (Wildman–Crippen MR) is 90.6 cm³/mol. The van der Waals surface area contributed by atoms with Gasteiger partial charge in [0.15, 0.2) is 17.2 Å². The van der Waals surface area contributed by atoms with E-state index in [1.165, 1.54) is 18.2 Å². The third kappa shape index (κ3) is 3.27. The number of carbonyl (C=O) groups excluding carboxylic acids is 1. The molecule has 0 fully saturated rings. The maximum Gasteiger partial charge on any atom is 0.275 e. The summed E-state index contributed by atoms with van der Waals surface area (Å²) in [5.41, 5.74) is 1.32. The van der Waals surface area contributed by atoms with Gasteiger partial charge in [-0.05, 0) is 12.8 Å². The van der Waals surface area contributed by atoms with Crippen molar-refractivity contribution >= 4 is 34.9 Å². The fourth-order valence-electron chi connectivity index (χ4n) is 1.94. The van der Waals surface area contributed by atoms with E-state index in [0.717, 1.165) is 0 Å². The van der Waals surface area contributed by atoms with Crippen molar-refractivity contribution in [3.8, 4) is 17.1 Å². The number of carbonyl (C=O) groups is 1. The van der Waals surface area contributed by atoms with Crippen molar-refractivity contribution in [2.24, 2.45) is 4.99 Å². The fourth-order valence-corrected chi connectivity index (χ4v) is 2.08. The van der Waals surface area contributed by atoms with Crippen molar-refractivity contribution < 1.29 is 13.9 Å². The van der Waals surface area contributed by atoms with Crippen LogP contribution >= 0.6 is 11.6 Å². The minimum atomic E-state index is -0.254. The highest BCUT2D eigenvalue weighted by molar-refractivity contribution is 6.48. The highest BCUT2D eigenvalue weighted by Crippen LogP contribution is 2.36. The number of hydrogen-bond donors (Lipinski definition) is 0. The van der Waals surface area contributed by atoms with Crippen molar-refractivity contribution in [2.45, 2.75) is 0 Å². The number of aromatic nitrogens is 1. The van der Waals surface area contributed by atoms with Gasteiger partial charge in [0.2, 0.25) is 0 Å². The fraction of sp³-hybridized carbons (Fsp3) is 0.188. The lowest BCUT2D eigenvalue weighted by Crippen LogP contribution is -2.23. The number of aliphatic imine (C=N–C) groups is 1. The minimum absolute atomic E-state index is 0.219. The summed E-state index contributed by atoms with van der Waals surface area (Å²) in [4.78, 5) is 21.5. The van der Waals surface area contributed by atoms with Gasteiger partial charge in [-0.15, -0.1) is 0 Å². The van der Waals surface area contributed by atoms with Crippen LogP contribution in [0.5, 0.6) is 5.75 Å². The van der Waals surface area contributed by atoms with Gasteiger partial charge in [-0.3, -0.25) is 9.79 Å². The molecule has 0 spiro atoms. The van der Waals surface area contributed by atoms with E-state index in [1.54, 1.807) is 26.2 Å². The summed E-state index contributed by atoms with van der Waals surface area (Å²) in [5.74, 6) is 0.899. The molecular formula is C16H16ClN3O3. The maximum atomic E-state index is 12.1. The van der Waals surface area contributed by atoms with E-state index in [4.69, 9.17) is 20.8 Å². The largest absolute Gasteiger partial charge is 0.494 e. The van der Waals surface area contributed by atoms with Crippen molar-refractivity contribution in [1.29, 1.82) is 0 Å². The Morgan fingerprint density at radius 3 is 2.61 bits per heavy atom. The van der Waals surface area contributed by atoms with Crippen LogP contribution < -0.4 is 4.74 Å². The average Bonchev–Trinajstić information content (AvgIpc) is 2.98. The van der Waals surface area contributed by atoms with Crippen LogP contribution in [0.1, 0.15) is 16.2 Å². The van der Waals surface area contributed by atoms with E-state index in [1.807, 2.05) is 0 Å². The molecule has 6 nitrogen and oxygen atoms in total. The van der Waals surface area contributed by atoms with Crippen LogP contribution in [-0.4, -0.2) is 43.7 Å². The molecule has 2 aromatic heterocycles. The van der Waals surface area contributed by atoms with E-state index < -0.39 is 0 Å². The molecule has 0 aliphatic rings. The zero-order chi connectivity index (χ0) is 17.1. The standard InChI is InChI=1S/C16H16ClN3O3/c1-9(17)15-11(18-2)7-12(23-15)10-6-13(22-5)14(19-8-10)16(21)20(3)4/h6-8H,1-2H2,3-5H3. The van der Waals surface area contributed by atoms with E-state index >= 15 is 0 Å². The summed E-state index contributed by atoms with van der Waals surface area (Å²) in [7, 11) is 4.76. The van der Waals surface area contributed by atoms with Gasteiger partial charge in [0, 0.05) is 31.9 Å². The van der Waals surface area contributed by atoms with Crippen LogP contribution in [0.25, 0.3) is 16.4 Å². The second-order valence-corrected chi connectivity index (χ2v) is 5.32. The molecule has 23 heavy (non-hydrogen) atoms. The number of pyridine rings is 1. The second kappa shape index (κ2) is 6.66. The molecule has 0 atom stereocenters. The molecule has 120 valence electrons. The van der Waals surface area contributed by atoms with E-state index in [2.05, 4.69) is 23.3 Å². The molecule has 0 saturated carbocycles. The topological polar surface area (TPSA) is 67.9 Å². The molecule has 1 amide bonds. The van der Waals surface area contributed by atoms with Crippen molar-refractivity contribution in [3.63, 3.8) is 0 Å². The maximum absolute atomic E-state index is 12.1. The Morgan fingerprint density at radius 1 is 1.43 bits per heavy atom. The van der Waals surface area contributed by atoms with E-state index in [9.17, 15) is 4.79 Å². The zero-order valence-electron chi connectivity index (χ0n) is 13.1. The van der Waals surface area contributed by atoms with E-state index in [-0.39, 0.29) is 16.6 Å². The van der Waals surface area contributed by atoms with Crippen molar-refractivity contribution in [1.82, 2.24) is 9.88 Å². The lowest BCUT2D eigenvalue weighted by atomic mass is 10.2. The van der Waals surface area contributed by atoms with Gasteiger partial charge >= 0.3 is 0 Å². The Morgan fingerprint density at radius 2 is 2.13 bits per heavy atom. The van der Waals surface area contributed by atoms with Gasteiger partial charge in [0.05, 0.1) is 12.1 Å². The Balaban J connectivity index is 2.51. The molecule has 0 aliphatic carbocycles. The molecule has 7 heteroatoms. The predicted octanol–water partition coefficient (Wildman–Crippen LogP) is 3.59. The van der Waals surface area contributed by atoms with E-state index in [0.29, 0.717) is 28.5 Å². The highest BCUT2D eigenvalue weighted by Gasteiger charge is 2.19. The normalized spacial score (nSPS) is 10.3. The first-order valence-corrected chi connectivity index (χ1v) is 6.98. The lowest BCUT2D eigenvalue weighted by Gasteiger charge is -2.12. The Bertz CT molecular complexity index is 781. The number of rotatable bonds is 5. The molecule has 0 radical (unpaired) electrons. The SMILES string of the molecule is C=Nc1cc(-c2cnc(C(=O)N(C)C)c(OC)c2)oc1C(=C)Cl. The number of amides is 1. The first-order valence-electron chi connectivity index (χ1n) is 6.60. The Hall–Kier alpha value is -2.60. The summed E-state index contributed by atoms with van der Waals surface area (Å²) in [6.45, 7) is 7.10. The summed E-state index contributed by atoms with van der Waals surface area (Å²) in [6.07, 6.45) is 1.52. The number of methoxy groups -OCH3 is 1. The summed E-state index contributed by atoms with van der Waals surface area (Å²) >= 11 is 5.88. The number of furan rings is 1. The van der Waals surface area contributed by atoms with Crippen molar-refractivity contribution in [2.75, 3.05) is 21.2 Å². The Labute approximate surface area is 139 Å². The summed E-state index contributed by atoms with van der Waals surface area (Å²) in [6, 6.07) is 3.33. The molecule has 0 bridgehead atoms. The van der Waals surface area contributed by atoms with Crippen LogP contribution in [0.3, 0.4) is 0 Å².